The Morgan fingerprint density at radius 1 is 1.12 bits per heavy atom. The van der Waals surface area contributed by atoms with E-state index in [9.17, 15) is 18.0 Å². The topological polar surface area (TPSA) is 34.9 Å². The first-order chi connectivity index (χ1) is 7.98. The number of halogens is 3. The van der Waals surface area contributed by atoms with Gasteiger partial charge in [-0.25, -0.2) is 4.98 Å². The van der Waals surface area contributed by atoms with E-state index in [1.807, 2.05) is 0 Å². The molecule has 0 unspecified atom stereocenters. The summed E-state index contributed by atoms with van der Waals surface area (Å²) < 4.78 is 38.0. The summed E-state index contributed by atoms with van der Waals surface area (Å²) in [6.07, 6.45) is -2.28. The molecule has 0 N–H and O–H groups in total. The second-order valence-corrected chi connectivity index (χ2v) is 3.31. The molecule has 0 saturated heterocycles. The van der Waals surface area contributed by atoms with Crippen molar-refractivity contribution in [2.45, 2.75) is 6.18 Å². The van der Waals surface area contributed by atoms with E-state index in [-0.39, 0.29) is 11.4 Å². The highest BCUT2D eigenvalue weighted by atomic mass is 19.4. The fourth-order valence-electron chi connectivity index (χ4n) is 1.31. The van der Waals surface area contributed by atoms with Crippen molar-refractivity contribution < 1.29 is 13.2 Å². The molecular formula is C11H7F3N2O. The number of nitrogens with zero attached hydrogens (tertiary/aromatic N) is 2. The second-order valence-electron chi connectivity index (χ2n) is 3.31. The molecule has 0 saturated carbocycles. The molecule has 0 aliphatic rings. The SMILES string of the molecule is O=c1ccccn1-c1ccc(C(F)(F)F)cn1. The first-order valence-corrected chi connectivity index (χ1v) is 4.70. The molecular weight excluding hydrogens is 233 g/mol. The quantitative estimate of drug-likeness (QED) is 0.766. The molecule has 2 aromatic rings. The highest BCUT2D eigenvalue weighted by molar-refractivity contribution is 5.27. The fourth-order valence-corrected chi connectivity index (χ4v) is 1.31. The van der Waals surface area contributed by atoms with E-state index in [1.165, 1.54) is 16.8 Å². The second kappa shape index (κ2) is 4.04. The van der Waals surface area contributed by atoms with E-state index in [0.717, 1.165) is 12.1 Å². The van der Waals surface area contributed by atoms with E-state index in [0.29, 0.717) is 6.20 Å². The molecule has 88 valence electrons. The predicted octanol–water partition coefficient (Wildman–Crippen LogP) is 2.25. The lowest BCUT2D eigenvalue weighted by atomic mass is 10.3. The van der Waals surface area contributed by atoms with Crippen LogP contribution >= 0.6 is 0 Å². The Morgan fingerprint density at radius 2 is 1.88 bits per heavy atom. The minimum absolute atomic E-state index is 0.156. The number of pyridine rings is 2. The Labute approximate surface area is 94.2 Å². The van der Waals surface area contributed by atoms with Crippen LogP contribution in [0.1, 0.15) is 5.56 Å². The largest absolute Gasteiger partial charge is 0.417 e. The molecule has 2 rings (SSSR count). The number of hydrogen-bond donors (Lipinski definition) is 0. The van der Waals surface area contributed by atoms with Crippen LogP contribution in [0.25, 0.3) is 5.82 Å². The zero-order valence-electron chi connectivity index (χ0n) is 8.48. The maximum Gasteiger partial charge on any atom is 0.417 e. The normalized spacial score (nSPS) is 11.5. The van der Waals surface area contributed by atoms with Crippen molar-refractivity contribution in [1.82, 2.24) is 9.55 Å². The van der Waals surface area contributed by atoms with E-state index in [2.05, 4.69) is 4.98 Å². The Hall–Kier alpha value is -2.11. The molecule has 0 aliphatic carbocycles. The average Bonchev–Trinajstić information content (AvgIpc) is 2.29. The summed E-state index contributed by atoms with van der Waals surface area (Å²) in [5.74, 6) is 0.156. The summed E-state index contributed by atoms with van der Waals surface area (Å²) >= 11 is 0. The molecule has 0 amide bonds. The average molecular weight is 240 g/mol. The minimum Gasteiger partial charge on any atom is -0.269 e. The van der Waals surface area contributed by atoms with E-state index in [4.69, 9.17) is 0 Å². The lowest BCUT2D eigenvalue weighted by Gasteiger charge is -2.07. The highest BCUT2D eigenvalue weighted by Crippen LogP contribution is 2.28. The third-order valence-electron chi connectivity index (χ3n) is 2.14. The van der Waals surface area contributed by atoms with Crippen molar-refractivity contribution in [2.24, 2.45) is 0 Å². The third kappa shape index (κ3) is 2.35. The van der Waals surface area contributed by atoms with Gasteiger partial charge in [0.05, 0.1) is 5.56 Å². The van der Waals surface area contributed by atoms with Gasteiger partial charge in [-0.05, 0) is 18.2 Å². The van der Waals surface area contributed by atoms with E-state index < -0.39 is 11.7 Å². The van der Waals surface area contributed by atoms with Gasteiger partial charge in [-0.3, -0.25) is 9.36 Å². The van der Waals surface area contributed by atoms with Gasteiger partial charge in [0.1, 0.15) is 5.82 Å². The van der Waals surface area contributed by atoms with Gasteiger partial charge < -0.3 is 0 Å². The van der Waals surface area contributed by atoms with Crippen molar-refractivity contribution in [3.63, 3.8) is 0 Å². The molecule has 2 aromatic heterocycles. The number of hydrogen-bond acceptors (Lipinski definition) is 2. The zero-order valence-corrected chi connectivity index (χ0v) is 8.48. The first-order valence-electron chi connectivity index (χ1n) is 4.70. The molecule has 0 aromatic carbocycles. The van der Waals surface area contributed by atoms with Gasteiger partial charge in [0.15, 0.2) is 0 Å². The fraction of sp³-hybridized carbons (Fsp3) is 0.0909. The number of aromatic nitrogens is 2. The van der Waals surface area contributed by atoms with Crippen molar-refractivity contribution in [1.29, 1.82) is 0 Å². The standard InChI is InChI=1S/C11H7F3N2O/c12-11(13,14)8-4-5-9(15-7-8)16-6-2-1-3-10(16)17/h1-7H. The van der Waals surface area contributed by atoms with Crippen LogP contribution < -0.4 is 5.56 Å². The van der Waals surface area contributed by atoms with Gasteiger partial charge in [-0.2, -0.15) is 13.2 Å². The Bertz CT molecular complexity index is 572. The molecule has 0 atom stereocenters. The van der Waals surface area contributed by atoms with Crippen LogP contribution in [0, 0.1) is 0 Å². The molecule has 0 radical (unpaired) electrons. The predicted molar refractivity (Wildman–Crippen MR) is 54.8 cm³/mol. The Balaban J connectivity index is 2.44. The monoisotopic (exact) mass is 240 g/mol. The maximum absolute atomic E-state index is 12.3. The minimum atomic E-state index is -4.42. The van der Waals surface area contributed by atoms with Crippen molar-refractivity contribution in [2.75, 3.05) is 0 Å². The summed E-state index contributed by atoms with van der Waals surface area (Å²) in [6.45, 7) is 0. The molecule has 2 heterocycles. The van der Waals surface area contributed by atoms with Crippen molar-refractivity contribution in [3.8, 4) is 5.82 Å². The van der Waals surface area contributed by atoms with Gasteiger partial charge in [0.25, 0.3) is 5.56 Å². The summed E-state index contributed by atoms with van der Waals surface area (Å²) in [5.41, 5.74) is -1.19. The zero-order chi connectivity index (χ0) is 12.5. The number of alkyl halides is 3. The van der Waals surface area contributed by atoms with Crippen LogP contribution in [0.2, 0.25) is 0 Å². The van der Waals surface area contributed by atoms with Crippen LogP contribution in [0.4, 0.5) is 13.2 Å². The van der Waals surface area contributed by atoms with Crippen LogP contribution in [-0.4, -0.2) is 9.55 Å². The lowest BCUT2D eigenvalue weighted by Crippen LogP contribution is -2.17. The number of rotatable bonds is 1. The third-order valence-corrected chi connectivity index (χ3v) is 2.14. The van der Waals surface area contributed by atoms with Crippen LogP contribution in [0.5, 0.6) is 0 Å². The van der Waals surface area contributed by atoms with Crippen LogP contribution in [0.3, 0.4) is 0 Å². The molecule has 3 nitrogen and oxygen atoms in total. The first kappa shape index (κ1) is 11.4. The lowest BCUT2D eigenvalue weighted by molar-refractivity contribution is -0.137. The van der Waals surface area contributed by atoms with Crippen molar-refractivity contribution >= 4 is 0 Å². The molecule has 6 heteroatoms. The van der Waals surface area contributed by atoms with Gasteiger partial charge in [-0.1, -0.05) is 6.07 Å². The van der Waals surface area contributed by atoms with Crippen molar-refractivity contribution in [3.05, 3.63) is 58.6 Å². The molecule has 17 heavy (non-hydrogen) atoms. The molecule has 0 aliphatic heterocycles. The maximum atomic E-state index is 12.3. The molecule has 0 spiro atoms. The van der Waals surface area contributed by atoms with Gasteiger partial charge in [0.2, 0.25) is 0 Å². The smallest absolute Gasteiger partial charge is 0.269 e. The van der Waals surface area contributed by atoms with Gasteiger partial charge in [0, 0.05) is 18.5 Å². The Kier molecular flexibility index (Phi) is 2.71. The highest BCUT2D eigenvalue weighted by Gasteiger charge is 2.30. The Morgan fingerprint density at radius 3 is 2.41 bits per heavy atom. The van der Waals surface area contributed by atoms with E-state index in [1.54, 1.807) is 12.1 Å². The van der Waals surface area contributed by atoms with Crippen LogP contribution in [-0.2, 0) is 6.18 Å². The van der Waals surface area contributed by atoms with E-state index >= 15 is 0 Å². The van der Waals surface area contributed by atoms with Gasteiger partial charge in [-0.15, -0.1) is 0 Å². The molecule has 0 bridgehead atoms. The summed E-state index contributed by atoms with van der Waals surface area (Å²) in [4.78, 5) is 15.0. The summed E-state index contributed by atoms with van der Waals surface area (Å²) in [6, 6.07) is 6.50. The van der Waals surface area contributed by atoms with Gasteiger partial charge >= 0.3 is 6.18 Å². The summed E-state index contributed by atoms with van der Waals surface area (Å²) in [5, 5.41) is 0. The summed E-state index contributed by atoms with van der Waals surface area (Å²) in [7, 11) is 0. The van der Waals surface area contributed by atoms with Crippen LogP contribution in [0.15, 0.2) is 47.5 Å². The molecule has 0 fully saturated rings.